The Hall–Kier alpha value is -3.80. The smallest absolute Gasteiger partial charge is 0.343 e. The molecule has 0 unspecified atom stereocenters. The van der Waals surface area contributed by atoms with Crippen LogP contribution in [0, 0.1) is 6.92 Å². The van der Waals surface area contributed by atoms with E-state index in [1.54, 1.807) is 73.7 Å². The second-order valence-electron chi connectivity index (χ2n) is 6.39. The number of aromatic hydroxyl groups is 1. The molecular formula is C23H21NO5. The standard InChI is InChI=1S/C23H21NO5/c1-15-8-6-13-19(20(15)25)23(27)29-21(16-9-4-3-5-10-16)22(26)24-17-11-7-12-18(14-17)28-2/h3-14,21,25H,1-2H3,(H,24,26)/t21-/m1/s1. The van der Waals surface area contributed by atoms with E-state index in [0.29, 0.717) is 22.6 Å². The molecular weight excluding hydrogens is 370 g/mol. The summed E-state index contributed by atoms with van der Waals surface area (Å²) in [7, 11) is 1.53. The number of anilines is 1. The third-order valence-electron chi connectivity index (χ3n) is 4.36. The lowest BCUT2D eigenvalue weighted by molar-refractivity contribution is -0.125. The minimum absolute atomic E-state index is 0.000103. The average molecular weight is 391 g/mol. The Morgan fingerprint density at radius 2 is 1.69 bits per heavy atom. The number of ether oxygens (including phenoxy) is 2. The Balaban J connectivity index is 1.87. The van der Waals surface area contributed by atoms with Gasteiger partial charge in [-0.05, 0) is 30.7 Å². The third kappa shape index (κ3) is 4.73. The first kappa shape index (κ1) is 19.9. The van der Waals surface area contributed by atoms with Crippen LogP contribution in [0.3, 0.4) is 0 Å². The van der Waals surface area contributed by atoms with E-state index < -0.39 is 18.0 Å². The van der Waals surface area contributed by atoms with Crippen LogP contribution >= 0.6 is 0 Å². The van der Waals surface area contributed by atoms with Crippen LogP contribution in [0.5, 0.6) is 11.5 Å². The third-order valence-corrected chi connectivity index (χ3v) is 4.36. The highest BCUT2D eigenvalue weighted by molar-refractivity contribution is 5.99. The van der Waals surface area contributed by atoms with Gasteiger partial charge in [-0.1, -0.05) is 48.5 Å². The fourth-order valence-electron chi connectivity index (χ4n) is 2.80. The normalized spacial score (nSPS) is 11.4. The number of esters is 1. The fraction of sp³-hybridized carbons (Fsp3) is 0.130. The number of amides is 1. The van der Waals surface area contributed by atoms with Gasteiger partial charge in [-0.15, -0.1) is 0 Å². The zero-order chi connectivity index (χ0) is 20.8. The van der Waals surface area contributed by atoms with Crippen molar-refractivity contribution in [3.63, 3.8) is 0 Å². The van der Waals surface area contributed by atoms with Crippen LogP contribution in [0.2, 0.25) is 0 Å². The van der Waals surface area contributed by atoms with Gasteiger partial charge in [0.05, 0.1) is 7.11 Å². The lowest BCUT2D eigenvalue weighted by Gasteiger charge is -2.19. The predicted molar refractivity (Wildman–Crippen MR) is 109 cm³/mol. The van der Waals surface area contributed by atoms with Crippen molar-refractivity contribution in [1.82, 2.24) is 0 Å². The SMILES string of the molecule is COc1cccc(NC(=O)[C@H](OC(=O)c2cccc(C)c2O)c2ccccc2)c1. The van der Waals surface area contributed by atoms with Crippen molar-refractivity contribution in [2.45, 2.75) is 13.0 Å². The van der Waals surface area contributed by atoms with Crippen LogP contribution in [-0.2, 0) is 9.53 Å². The number of benzene rings is 3. The molecule has 0 saturated heterocycles. The minimum Gasteiger partial charge on any atom is -0.507 e. The van der Waals surface area contributed by atoms with Gasteiger partial charge in [0.2, 0.25) is 6.10 Å². The van der Waals surface area contributed by atoms with Crippen molar-refractivity contribution in [2.75, 3.05) is 12.4 Å². The first-order chi connectivity index (χ1) is 14.0. The molecule has 0 spiro atoms. The number of rotatable bonds is 6. The number of hydrogen-bond acceptors (Lipinski definition) is 5. The van der Waals surface area contributed by atoms with E-state index in [9.17, 15) is 14.7 Å². The van der Waals surface area contributed by atoms with Gasteiger partial charge in [0.15, 0.2) is 0 Å². The lowest BCUT2D eigenvalue weighted by atomic mass is 10.1. The summed E-state index contributed by atoms with van der Waals surface area (Å²) < 4.78 is 10.7. The zero-order valence-corrected chi connectivity index (χ0v) is 16.1. The number of methoxy groups -OCH3 is 1. The van der Waals surface area contributed by atoms with Crippen molar-refractivity contribution in [2.24, 2.45) is 0 Å². The van der Waals surface area contributed by atoms with Gasteiger partial charge in [0.1, 0.15) is 17.1 Å². The Labute approximate surface area is 168 Å². The molecule has 3 rings (SSSR count). The van der Waals surface area contributed by atoms with E-state index in [2.05, 4.69) is 5.32 Å². The van der Waals surface area contributed by atoms with Gasteiger partial charge in [0.25, 0.3) is 5.91 Å². The summed E-state index contributed by atoms with van der Waals surface area (Å²) in [5.74, 6) is -0.899. The summed E-state index contributed by atoms with van der Waals surface area (Å²) in [5.41, 5.74) is 1.55. The number of phenolic OH excluding ortho intramolecular Hbond substituents is 1. The van der Waals surface area contributed by atoms with E-state index in [4.69, 9.17) is 9.47 Å². The second-order valence-corrected chi connectivity index (χ2v) is 6.39. The highest BCUT2D eigenvalue weighted by Gasteiger charge is 2.27. The van der Waals surface area contributed by atoms with Crippen molar-refractivity contribution in [3.8, 4) is 11.5 Å². The molecule has 1 atom stereocenters. The minimum atomic E-state index is -1.20. The molecule has 2 N–H and O–H groups in total. The van der Waals surface area contributed by atoms with Gasteiger partial charge in [0, 0.05) is 17.3 Å². The molecule has 0 aromatic heterocycles. The highest BCUT2D eigenvalue weighted by Crippen LogP contribution is 2.27. The molecule has 3 aromatic carbocycles. The molecule has 3 aromatic rings. The van der Waals surface area contributed by atoms with Gasteiger partial charge in [-0.2, -0.15) is 0 Å². The molecule has 29 heavy (non-hydrogen) atoms. The molecule has 148 valence electrons. The maximum Gasteiger partial charge on any atom is 0.343 e. The molecule has 0 fully saturated rings. The number of para-hydroxylation sites is 1. The van der Waals surface area contributed by atoms with E-state index >= 15 is 0 Å². The molecule has 0 saturated carbocycles. The molecule has 0 radical (unpaired) electrons. The number of carbonyl (C=O) groups is 2. The van der Waals surface area contributed by atoms with Gasteiger partial charge in [-0.3, -0.25) is 4.79 Å². The highest BCUT2D eigenvalue weighted by atomic mass is 16.5. The van der Waals surface area contributed by atoms with Crippen LogP contribution < -0.4 is 10.1 Å². The Morgan fingerprint density at radius 3 is 2.41 bits per heavy atom. The number of phenols is 1. The molecule has 6 heteroatoms. The molecule has 0 aliphatic heterocycles. The van der Waals surface area contributed by atoms with Crippen molar-refractivity contribution in [1.29, 1.82) is 0 Å². The van der Waals surface area contributed by atoms with Gasteiger partial charge < -0.3 is 19.9 Å². The Morgan fingerprint density at radius 1 is 0.966 bits per heavy atom. The number of carbonyl (C=O) groups excluding carboxylic acids is 2. The first-order valence-electron chi connectivity index (χ1n) is 8.99. The van der Waals surface area contributed by atoms with Crippen molar-refractivity contribution < 1.29 is 24.2 Å². The summed E-state index contributed by atoms with van der Waals surface area (Å²) in [5, 5.41) is 12.9. The Kier molecular flexibility index (Phi) is 6.14. The molecule has 0 aliphatic carbocycles. The predicted octanol–water partition coefficient (Wildman–Crippen LogP) is 4.25. The van der Waals surface area contributed by atoms with E-state index in [1.165, 1.54) is 13.2 Å². The maximum atomic E-state index is 12.9. The topological polar surface area (TPSA) is 84.9 Å². The molecule has 6 nitrogen and oxygen atoms in total. The van der Waals surface area contributed by atoms with Crippen LogP contribution in [0.15, 0.2) is 72.8 Å². The maximum absolute atomic E-state index is 12.9. The number of hydrogen-bond donors (Lipinski definition) is 2. The summed E-state index contributed by atoms with van der Waals surface area (Å²) in [6.45, 7) is 1.68. The van der Waals surface area contributed by atoms with Gasteiger partial charge in [-0.25, -0.2) is 4.79 Å². The molecule has 1 amide bonds. The zero-order valence-electron chi connectivity index (χ0n) is 16.1. The van der Waals surface area contributed by atoms with E-state index in [-0.39, 0.29) is 11.3 Å². The van der Waals surface area contributed by atoms with Crippen LogP contribution in [-0.4, -0.2) is 24.1 Å². The number of aryl methyl sites for hydroxylation is 1. The Bertz CT molecular complexity index is 1020. The number of nitrogens with one attached hydrogen (secondary N) is 1. The fourth-order valence-corrected chi connectivity index (χ4v) is 2.80. The van der Waals surface area contributed by atoms with Crippen molar-refractivity contribution in [3.05, 3.63) is 89.5 Å². The largest absolute Gasteiger partial charge is 0.507 e. The summed E-state index contributed by atoms with van der Waals surface area (Å²) in [6, 6.07) is 20.3. The van der Waals surface area contributed by atoms with E-state index in [1.807, 2.05) is 0 Å². The lowest BCUT2D eigenvalue weighted by Crippen LogP contribution is -2.26. The molecule has 0 bridgehead atoms. The van der Waals surface area contributed by atoms with Gasteiger partial charge >= 0.3 is 5.97 Å². The monoisotopic (exact) mass is 391 g/mol. The van der Waals surface area contributed by atoms with Crippen molar-refractivity contribution >= 4 is 17.6 Å². The van der Waals surface area contributed by atoms with Crippen LogP contribution in [0.4, 0.5) is 5.69 Å². The second kappa shape index (κ2) is 8.93. The average Bonchev–Trinajstić information content (AvgIpc) is 2.74. The first-order valence-corrected chi connectivity index (χ1v) is 8.99. The summed E-state index contributed by atoms with van der Waals surface area (Å²) in [6.07, 6.45) is -1.20. The summed E-state index contributed by atoms with van der Waals surface area (Å²) in [4.78, 5) is 25.6. The van der Waals surface area contributed by atoms with Crippen LogP contribution in [0.1, 0.15) is 27.6 Å². The van der Waals surface area contributed by atoms with E-state index in [0.717, 1.165) is 0 Å². The molecule has 0 heterocycles. The van der Waals surface area contributed by atoms with Crippen LogP contribution in [0.25, 0.3) is 0 Å². The molecule has 0 aliphatic rings. The summed E-state index contributed by atoms with van der Waals surface area (Å²) >= 11 is 0. The quantitative estimate of drug-likeness (QED) is 0.614.